The van der Waals surface area contributed by atoms with Gasteiger partial charge in [0.15, 0.2) is 0 Å². The van der Waals surface area contributed by atoms with Crippen LogP contribution in [0.4, 0.5) is 0 Å². The van der Waals surface area contributed by atoms with Crippen LogP contribution in [0.5, 0.6) is 0 Å². The third kappa shape index (κ3) is 11.9. The van der Waals surface area contributed by atoms with Crippen LogP contribution in [0.15, 0.2) is 120 Å². The largest absolute Gasteiger partial charge is 0.301 e. The number of aldehydes is 1. The first-order valence-corrected chi connectivity index (χ1v) is 16.7. The number of carbonyl (C=O) groups excluding carboxylic acids is 1. The molecule has 1 fully saturated rings. The molecule has 3 aromatic rings. The normalized spacial score (nSPS) is 17.3. The molecule has 0 bridgehead atoms. The van der Waals surface area contributed by atoms with Crippen molar-refractivity contribution in [2.75, 3.05) is 6.54 Å². The SMILES string of the molecule is C=C/C(CC)=C(C)/C=C1/CCC(C=O)(N(CCc2ccccc2)Cc2ccccc2)C1.CC.CCCc1ccc(P)cc1. The van der Waals surface area contributed by atoms with E-state index < -0.39 is 5.54 Å². The molecule has 0 radical (unpaired) electrons. The van der Waals surface area contributed by atoms with Gasteiger partial charge < -0.3 is 4.79 Å². The number of hydrogen-bond donors (Lipinski definition) is 0. The predicted octanol–water partition coefficient (Wildman–Crippen LogP) is 9.86. The second kappa shape index (κ2) is 20.0. The van der Waals surface area contributed by atoms with E-state index >= 15 is 0 Å². The highest BCUT2D eigenvalue weighted by Crippen LogP contribution is 2.39. The van der Waals surface area contributed by atoms with Gasteiger partial charge >= 0.3 is 0 Å². The molecule has 0 spiro atoms. The lowest BCUT2D eigenvalue weighted by Crippen LogP contribution is -2.48. The van der Waals surface area contributed by atoms with Crippen molar-refractivity contribution in [3.05, 3.63) is 137 Å². The molecular weight excluding hydrogens is 541 g/mol. The van der Waals surface area contributed by atoms with Gasteiger partial charge in [0.2, 0.25) is 0 Å². The topological polar surface area (TPSA) is 20.3 Å². The molecule has 0 heterocycles. The maximum Gasteiger partial charge on any atom is 0.140 e. The van der Waals surface area contributed by atoms with E-state index in [0.717, 1.165) is 45.2 Å². The van der Waals surface area contributed by atoms with E-state index in [9.17, 15) is 4.79 Å². The van der Waals surface area contributed by atoms with Gasteiger partial charge in [0.25, 0.3) is 0 Å². The van der Waals surface area contributed by atoms with E-state index in [0.29, 0.717) is 0 Å². The fraction of sp³-hybridized carbons (Fsp3) is 0.375. The van der Waals surface area contributed by atoms with Crippen molar-refractivity contribution in [2.24, 2.45) is 0 Å². The minimum absolute atomic E-state index is 0.433. The molecule has 1 aliphatic rings. The molecule has 0 amide bonds. The van der Waals surface area contributed by atoms with Gasteiger partial charge in [-0.2, -0.15) is 0 Å². The summed E-state index contributed by atoms with van der Waals surface area (Å²) in [6.07, 6.45) is 12.5. The summed E-state index contributed by atoms with van der Waals surface area (Å²) in [4.78, 5) is 15.0. The molecule has 0 saturated heterocycles. The predicted molar refractivity (Wildman–Crippen MR) is 192 cm³/mol. The van der Waals surface area contributed by atoms with Crippen molar-refractivity contribution >= 4 is 20.8 Å². The zero-order valence-electron chi connectivity index (χ0n) is 27.3. The monoisotopic (exact) mass is 595 g/mol. The molecule has 2 atom stereocenters. The molecule has 0 N–H and O–H groups in total. The van der Waals surface area contributed by atoms with Crippen LogP contribution in [0.2, 0.25) is 0 Å². The molecule has 0 aromatic heterocycles. The molecule has 3 aromatic carbocycles. The number of rotatable bonds is 12. The Labute approximate surface area is 265 Å². The molecular formula is C40H54NOP. The first kappa shape index (κ1) is 36.1. The summed E-state index contributed by atoms with van der Waals surface area (Å²) in [5, 5.41) is 1.26. The number of hydrogen-bond acceptors (Lipinski definition) is 2. The standard InChI is InChI=1S/C29H35NO.C9H13P.C2H6/c1-4-28(5-2)24(3)20-27-16-18-29(21-27,23-31)30(22-26-14-10-7-11-15-26)19-17-25-12-8-6-9-13-25;1-2-3-8-4-6-9(10)7-5-8;1-2/h4,6-15,20,23H,1,5,16-19,21-22H2,2-3H3;4-7H,2-3,10H2,1H3;1-2H3/b27-20-,28-24-;;. The van der Waals surface area contributed by atoms with Crippen LogP contribution in [0.1, 0.15) is 83.4 Å². The highest BCUT2D eigenvalue weighted by Gasteiger charge is 2.41. The van der Waals surface area contributed by atoms with Crippen molar-refractivity contribution in [3.63, 3.8) is 0 Å². The fourth-order valence-electron chi connectivity index (χ4n) is 5.64. The van der Waals surface area contributed by atoms with Gasteiger partial charge in [0.1, 0.15) is 6.29 Å². The first-order valence-electron chi connectivity index (χ1n) is 16.1. The van der Waals surface area contributed by atoms with Gasteiger partial charge in [-0.15, -0.1) is 9.24 Å². The Morgan fingerprint density at radius 3 is 2.00 bits per heavy atom. The summed E-state index contributed by atoms with van der Waals surface area (Å²) in [7, 11) is 2.69. The van der Waals surface area contributed by atoms with Crippen molar-refractivity contribution in [2.45, 2.75) is 91.6 Å². The Morgan fingerprint density at radius 2 is 1.47 bits per heavy atom. The maximum absolute atomic E-state index is 12.6. The summed E-state index contributed by atoms with van der Waals surface area (Å²) in [5.74, 6) is 0. The molecule has 3 heteroatoms. The average molecular weight is 596 g/mol. The minimum atomic E-state index is -0.433. The highest BCUT2D eigenvalue weighted by molar-refractivity contribution is 7.27. The molecule has 2 nitrogen and oxygen atoms in total. The number of carbonyl (C=O) groups is 1. The third-order valence-electron chi connectivity index (χ3n) is 8.06. The zero-order valence-corrected chi connectivity index (χ0v) is 28.5. The van der Waals surface area contributed by atoms with E-state index in [2.05, 4.69) is 126 Å². The number of allylic oxidation sites excluding steroid dienone is 4. The van der Waals surface area contributed by atoms with Crippen molar-refractivity contribution in [1.29, 1.82) is 0 Å². The van der Waals surface area contributed by atoms with E-state index in [1.54, 1.807) is 0 Å². The summed E-state index contributed by atoms with van der Waals surface area (Å²) in [6, 6.07) is 29.7. The molecule has 230 valence electrons. The lowest BCUT2D eigenvalue weighted by molar-refractivity contribution is -0.118. The van der Waals surface area contributed by atoms with Gasteiger partial charge in [0.05, 0.1) is 5.54 Å². The zero-order chi connectivity index (χ0) is 31.5. The highest BCUT2D eigenvalue weighted by atomic mass is 31.0. The lowest BCUT2D eigenvalue weighted by Gasteiger charge is -2.37. The second-order valence-corrected chi connectivity index (χ2v) is 11.8. The third-order valence-corrected chi connectivity index (χ3v) is 8.45. The van der Waals surface area contributed by atoms with Crippen molar-refractivity contribution < 1.29 is 4.79 Å². The Kier molecular flexibility index (Phi) is 16.8. The Morgan fingerprint density at radius 1 is 0.884 bits per heavy atom. The van der Waals surface area contributed by atoms with E-state index in [4.69, 9.17) is 0 Å². The summed E-state index contributed by atoms with van der Waals surface area (Å²) >= 11 is 0. The van der Waals surface area contributed by atoms with E-state index in [1.165, 1.54) is 57.8 Å². The first-order chi connectivity index (χ1) is 20.9. The summed E-state index contributed by atoms with van der Waals surface area (Å²) in [5.41, 5.74) is 7.49. The molecule has 0 aliphatic heterocycles. The Bertz CT molecular complexity index is 1280. The van der Waals surface area contributed by atoms with Gasteiger partial charge in [-0.3, -0.25) is 4.90 Å². The molecule has 1 aliphatic carbocycles. The number of benzene rings is 3. The van der Waals surface area contributed by atoms with Crippen molar-refractivity contribution in [3.8, 4) is 0 Å². The van der Waals surface area contributed by atoms with Crippen LogP contribution in [0, 0.1) is 0 Å². The molecule has 43 heavy (non-hydrogen) atoms. The van der Waals surface area contributed by atoms with Crippen LogP contribution in [-0.2, 0) is 24.2 Å². The average Bonchev–Trinajstić information content (AvgIpc) is 3.47. The van der Waals surface area contributed by atoms with Gasteiger partial charge in [-0.05, 0) is 78.6 Å². The minimum Gasteiger partial charge on any atom is -0.301 e. The smallest absolute Gasteiger partial charge is 0.140 e. The van der Waals surface area contributed by atoms with Crippen molar-refractivity contribution in [1.82, 2.24) is 4.90 Å². The van der Waals surface area contributed by atoms with Gasteiger partial charge in [-0.25, -0.2) is 0 Å². The van der Waals surface area contributed by atoms with Gasteiger partial charge in [-0.1, -0.05) is 143 Å². The maximum atomic E-state index is 12.6. The number of aryl methyl sites for hydroxylation is 1. The van der Waals surface area contributed by atoms with Crippen LogP contribution in [0.25, 0.3) is 0 Å². The molecule has 2 unspecified atom stereocenters. The summed E-state index contributed by atoms with van der Waals surface area (Å²) < 4.78 is 0. The van der Waals surface area contributed by atoms with E-state index in [1.807, 2.05) is 26.0 Å². The van der Waals surface area contributed by atoms with E-state index in [-0.39, 0.29) is 0 Å². The number of nitrogens with zero attached hydrogens (tertiary/aromatic N) is 1. The van der Waals surface area contributed by atoms with Gasteiger partial charge in [0, 0.05) is 13.1 Å². The molecule has 1 saturated carbocycles. The quantitative estimate of drug-likeness (QED) is 0.118. The van der Waals surface area contributed by atoms with Crippen LogP contribution < -0.4 is 5.30 Å². The Balaban J connectivity index is 0.000000451. The summed E-state index contributed by atoms with van der Waals surface area (Å²) in [6.45, 7) is 16.1. The Hall–Kier alpha value is -3.06. The molecule has 4 rings (SSSR count). The van der Waals surface area contributed by atoms with Crippen LogP contribution in [0.3, 0.4) is 0 Å². The fourth-order valence-corrected chi connectivity index (χ4v) is 5.84. The van der Waals surface area contributed by atoms with Crippen LogP contribution >= 0.6 is 9.24 Å². The second-order valence-electron chi connectivity index (χ2n) is 11.1. The van der Waals surface area contributed by atoms with Crippen LogP contribution in [-0.4, -0.2) is 23.3 Å². The lowest BCUT2D eigenvalue weighted by atomic mass is 9.94.